The van der Waals surface area contributed by atoms with Gasteiger partial charge in [-0.2, -0.15) is 0 Å². The monoisotopic (exact) mass is 348 g/mol. The van der Waals surface area contributed by atoms with Gasteiger partial charge in [0.25, 0.3) is 0 Å². The number of benzene rings is 1. The highest BCUT2D eigenvalue weighted by molar-refractivity contribution is 7.90. The number of amides is 2. The van der Waals surface area contributed by atoms with Gasteiger partial charge in [-0.25, -0.2) is 17.9 Å². The van der Waals surface area contributed by atoms with E-state index in [1.807, 2.05) is 0 Å². The van der Waals surface area contributed by atoms with E-state index in [4.69, 9.17) is 0 Å². The topological polar surface area (TPSA) is 75.3 Å². The molecular formula is C18H24N2O3S. The van der Waals surface area contributed by atoms with Crippen molar-refractivity contribution >= 4 is 21.7 Å². The summed E-state index contributed by atoms with van der Waals surface area (Å²) in [5.74, 6) is 0. The fraction of sp³-hybridized carbons (Fsp3) is 0.611. The summed E-state index contributed by atoms with van der Waals surface area (Å²) in [5.41, 5.74) is 5.96. The molecule has 4 rings (SSSR count). The molecule has 0 saturated heterocycles. The molecule has 5 nitrogen and oxygen atoms in total. The number of hydrogen-bond donors (Lipinski definition) is 2. The number of aryl methyl sites for hydroxylation is 2. The first-order valence-corrected chi connectivity index (χ1v) is 10.6. The van der Waals surface area contributed by atoms with E-state index in [1.165, 1.54) is 22.3 Å². The highest BCUT2D eigenvalue weighted by atomic mass is 32.2. The summed E-state index contributed by atoms with van der Waals surface area (Å²) in [6.45, 7) is 0. The third kappa shape index (κ3) is 2.81. The Balaban J connectivity index is 1.56. The summed E-state index contributed by atoms with van der Waals surface area (Å²) in [4.78, 5) is 12.4. The average molecular weight is 348 g/mol. The van der Waals surface area contributed by atoms with Crippen LogP contribution in [0.5, 0.6) is 0 Å². The summed E-state index contributed by atoms with van der Waals surface area (Å²) >= 11 is 0. The van der Waals surface area contributed by atoms with Gasteiger partial charge in [0.2, 0.25) is 10.0 Å². The molecule has 1 fully saturated rings. The highest BCUT2D eigenvalue weighted by Gasteiger charge is 2.31. The van der Waals surface area contributed by atoms with E-state index in [2.05, 4.69) is 16.1 Å². The largest absolute Gasteiger partial charge is 0.332 e. The fourth-order valence-electron chi connectivity index (χ4n) is 4.52. The molecule has 0 radical (unpaired) electrons. The van der Waals surface area contributed by atoms with Gasteiger partial charge in [-0.15, -0.1) is 0 Å². The standard InChI is InChI=1S/C18H24N2O3S/c21-18(20-24(22,23)14-7-1-2-8-14)19-17-15-9-3-5-12(15)11-13-6-4-10-16(13)17/h11,14H,1-10H2,(H2,19,20,21). The van der Waals surface area contributed by atoms with Crippen LogP contribution in [0.2, 0.25) is 0 Å². The Morgan fingerprint density at radius 3 is 2.08 bits per heavy atom. The predicted molar refractivity (Wildman–Crippen MR) is 93.8 cm³/mol. The maximum Gasteiger partial charge on any atom is 0.332 e. The fourth-order valence-corrected chi connectivity index (χ4v) is 5.95. The van der Waals surface area contributed by atoms with E-state index in [0.29, 0.717) is 12.8 Å². The molecular weight excluding hydrogens is 324 g/mol. The van der Waals surface area contributed by atoms with Crippen LogP contribution in [0.4, 0.5) is 10.5 Å². The molecule has 24 heavy (non-hydrogen) atoms. The highest BCUT2D eigenvalue weighted by Crippen LogP contribution is 2.38. The van der Waals surface area contributed by atoms with Crippen LogP contribution in [0.25, 0.3) is 0 Å². The predicted octanol–water partition coefficient (Wildman–Crippen LogP) is 3.06. The van der Waals surface area contributed by atoms with Crippen LogP contribution in [-0.2, 0) is 35.7 Å². The van der Waals surface area contributed by atoms with Crippen molar-refractivity contribution in [3.05, 3.63) is 28.3 Å². The first-order chi connectivity index (χ1) is 11.5. The van der Waals surface area contributed by atoms with Crippen molar-refractivity contribution in [2.45, 2.75) is 69.5 Å². The number of fused-ring (bicyclic) bond motifs is 2. The lowest BCUT2D eigenvalue weighted by atomic mass is 9.99. The van der Waals surface area contributed by atoms with E-state index >= 15 is 0 Å². The molecule has 0 atom stereocenters. The van der Waals surface area contributed by atoms with Gasteiger partial charge in [-0.3, -0.25) is 0 Å². The van der Waals surface area contributed by atoms with Gasteiger partial charge in [0, 0.05) is 5.69 Å². The van der Waals surface area contributed by atoms with Gasteiger partial charge >= 0.3 is 6.03 Å². The van der Waals surface area contributed by atoms with Crippen LogP contribution in [0.3, 0.4) is 0 Å². The van der Waals surface area contributed by atoms with E-state index in [-0.39, 0.29) is 0 Å². The second-order valence-corrected chi connectivity index (χ2v) is 9.20. The Labute approximate surface area is 143 Å². The Morgan fingerprint density at radius 1 is 0.917 bits per heavy atom. The van der Waals surface area contributed by atoms with Crippen molar-refractivity contribution in [1.29, 1.82) is 0 Å². The van der Waals surface area contributed by atoms with Crippen molar-refractivity contribution in [3.63, 3.8) is 0 Å². The molecule has 3 aliphatic carbocycles. The summed E-state index contributed by atoms with van der Waals surface area (Å²) in [7, 11) is -3.57. The first kappa shape index (κ1) is 15.9. The average Bonchev–Trinajstić information content (AvgIpc) is 3.27. The van der Waals surface area contributed by atoms with Crippen molar-refractivity contribution in [2.24, 2.45) is 0 Å². The Kier molecular flexibility index (Phi) is 4.03. The van der Waals surface area contributed by atoms with Gasteiger partial charge in [-0.1, -0.05) is 18.9 Å². The number of rotatable bonds is 3. The zero-order chi connectivity index (χ0) is 16.7. The van der Waals surface area contributed by atoms with Crippen LogP contribution < -0.4 is 10.0 Å². The van der Waals surface area contributed by atoms with Crippen LogP contribution >= 0.6 is 0 Å². The Morgan fingerprint density at radius 2 is 1.50 bits per heavy atom. The summed E-state index contributed by atoms with van der Waals surface area (Å²) in [6, 6.07) is 1.69. The van der Waals surface area contributed by atoms with Crippen LogP contribution in [0.15, 0.2) is 6.07 Å². The zero-order valence-corrected chi connectivity index (χ0v) is 14.7. The minimum atomic E-state index is -3.57. The van der Waals surface area contributed by atoms with E-state index in [9.17, 15) is 13.2 Å². The molecule has 6 heteroatoms. The molecule has 0 spiro atoms. The number of carbonyl (C=O) groups excluding carboxylic acids is 1. The molecule has 0 heterocycles. The number of sulfonamides is 1. The number of hydrogen-bond acceptors (Lipinski definition) is 3. The lowest BCUT2D eigenvalue weighted by Gasteiger charge is -2.17. The first-order valence-electron chi connectivity index (χ1n) is 9.04. The molecule has 3 aliphatic rings. The van der Waals surface area contributed by atoms with Crippen molar-refractivity contribution in [3.8, 4) is 0 Å². The maximum atomic E-state index is 12.4. The van der Waals surface area contributed by atoms with Crippen molar-refractivity contribution in [2.75, 3.05) is 5.32 Å². The summed E-state index contributed by atoms with van der Waals surface area (Å²) in [6.07, 6.45) is 9.40. The molecule has 0 bridgehead atoms. The van der Waals surface area contributed by atoms with Crippen LogP contribution in [0.1, 0.15) is 60.8 Å². The molecule has 2 N–H and O–H groups in total. The van der Waals surface area contributed by atoms with Gasteiger partial charge in [0.05, 0.1) is 5.25 Å². The number of carbonyl (C=O) groups is 1. The lowest BCUT2D eigenvalue weighted by molar-refractivity contribution is 0.256. The molecule has 1 saturated carbocycles. The normalized spacial score (nSPS) is 20.0. The Bertz CT molecular complexity index is 748. The third-order valence-electron chi connectivity index (χ3n) is 5.69. The van der Waals surface area contributed by atoms with E-state index in [0.717, 1.165) is 57.1 Å². The molecule has 130 valence electrons. The van der Waals surface area contributed by atoms with Gasteiger partial charge in [0.1, 0.15) is 0 Å². The number of urea groups is 1. The minimum absolute atomic E-state index is 0.421. The molecule has 1 aromatic carbocycles. The van der Waals surface area contributed by atoms with Gasteiger partial charge < -0.3 is 5.32 Å². The molecule has 2 amide bonds. The maximum absolute atomic E-state index is 12.4. The second-order valence-electron chi connectivity index (χ2n) is 7.24. The number of nitrogens with one attached hydrogen (secondary N) is 2. The van der Waals surface area contributed by atoms with Gasteiger partial charge in [0.15, 0.2) is 0 Å². The second kappa shape index (κ2) is 6.06. The zero-order valence-electron chi connectivity index (χ0n) is 13.9. The van der Waals surface area contributed by atoms with Crippen LogP contribution in [-0.4, -0.2) is 19.7 Å². The molecule has 0 aliphatic heterocycles. The van der Waals surface area contributed by atoms with Gasteiger partial charge in [-0.05, 0) is 73.6 Å². The Hall–Kier alpha value is -1.56. The number of anilines is 1. The quantitative estimate of drug-likeness (QED) is 0.881. The SMILES string of the molecule is O=C(Nc1c2c(cc3c1CCC3)CCC2)NS(=O)(=O)C1CCCC1. The lowest BCUT2D eigenvalue weighted by Crippen LogP contribution is -2.40. The van der Waals surface area contributed by atoms with E-state index in [1.54, 1.807) is 0 Å². The van der Waals surface area contributed by atoms with E-state index < -0.39 is 21.3 Å². The summed E-state index contributed by atoms with van der Waals surface area (Å²) in [5, 5.41) is 2.47. The molecule has 0 unspecified atom stereocenters. The molecule has 1 aromatic rings. The third-order valence-corrected chi connectivity index (χ3v) is 7.51. The van der Waals surface area contributed by atoms with Crippen molar-refractivity contribution < 1.29 is 13.2 Å². The smallest absolute Gasteiger partial charge is 0.307 e. The minimum Gasteiger partial charge on any atom is -0.307 e. The van der Waals surface area contributed by atoms with Crippen molar-refractivity contribution in [1.82, 2.24) is 4.72 Å². The van der Waals surface area contributed by atoms with Crippen LogP contribution in [0, 0.1) is 0 Å². The summed E-state index contributed by atoms with van der Waals surface area (Å²) < 4.78 is 26.9. The molecule has 0 aromatic heterocycles.